The highest BCUT2D eigenvalue weighted by Crippen LogP contribution is 2.52. The topological polar surface area (TPSA) is 66.5 Å². The number of nitrogens with one attached hydrogen (secondary N) is 1. The van der Waals surface area contributed by atoms with Gasteiger partial charge in [0.25, 0.3) is 0 Å². The van der Waals surface area contributed by atoms with Crippen molar-refractivity contribution in [3.05, 3.63) is 40.9 Å². The van der Waals surface area contributed by atoms with E-state index in [4.69, 9.17) is 11.6 Å². The van der Waals surface area contributed by atoms with E-state index in [0.717, 1.165) is 16.9 Å². The maximum absolute atomic E-state index is 12.5. The molecule has 24 heavy (non-hydrogen) atoms. The summed E-state index contributed by atoms with van der Waals surface area (Å²) >= 11 is 6.04. The van der Waals surface area contributed by atoms with Gasteiger partial charge in [0.1, 0.15) is 6.54 Å². The molecule has 1 aromatic rings. The van der Waals surface area contributed by atoms with E-state index in [-0.39, 0.29) is 42.0 Å². The molecule has 3 amide bonds. The Labute approximate surface area is 144 Å². The second kappa shape index (κ2) is 5.45. The number of likely N-dealkylation sites (tertiary alicyclic amines) is 1. The number of amides is 3. The van der Waals surface area contributed by atoms with Crippen LogP contribution in [0.4, 0.5) is 5.69 Å². The molecule has 0 aromatic heterocycles. The first-order valence-electron chi connectivity index (χ1n) is 8.05. The molecule has 1 N–H and O–H groups in total. The molecule has 1 saturated carbocycles. The van der Waals surface area contributed by atoms with Crippen LogP contribution < -0.4 is 5.32 Å². The first-order chi connectivity index (χ1) is 11.5. The van der Waals surface area contributed by atoms with Crippen molar-refractivity contribution < 1.29 is 14.4 Å². The molecule has 2 fully saturated rings. The predicted molar refractivity (Wildman–Crippen MR) is 89.3 cm³/mol. The lowest BCUT2D eigenvalue weighted by atomic mass is 9.85. The Bertz CT molecular complexity index is 758. The maximum atomic E-state index is 12.5. The molecule has 0 spiro atoms. The molecule has 0 radical (unpaired) electrons. The number of rotatable bonds is 3. The van der Waals surface area contributed by atoms with Crippen LogP contribution in [-0.2, 0) is 14.4 Å². The highest BCUT2D eigenvalue weighted by Gasteiger charge is 2.59. The van der Waals surface area contributed by atoms with Crippen molar-refractivity contribution in [3.8, 4) is 0 Å². The van der Waals surface area contributed by atoms with Crippen LogP contribution >= 0.6 is 11.6 Å². The smallest absolute Gasteiger partial charge is 0.244 e. The molecule has 1 heterocycles. The number of nitrogens with zero attached hydrogens (tertiary/aromatic N) is 1. The van der Waals surface area contributed by atoms with Gasteiger partial charge < -0.3 is 5.32 Å². The summed E-state index contributed by atoms with van der Waals surface area (Å²) in [6.07, 6.45) is 4.96. The van der Waals surface area contributed by atoms with Crippen LogP contribution in [0.3, 0.4) is 0 Å². The Balaban J connectivity index is 1.46. The van der Waals surface area contributed by atoms with Gasteiger partial charge in [-0.15, -0.1) is 0 Å². The summed E-state index contributed by atoms with van der Waals surface area (Å²) in [7, 11) is 0. The fourth-order valence-electron chi connectivity index (χ4n) is 4.13. The van der Waals surface area contributed by atoms with Gasteiger partial charge in [0.05, 0.1) is 11.8 Å². The third-order valence-corrected chi connectivity index (χ3v) is 5.73. The number of fused-ring (bicyclic) bond motifs is 5. The Morgan fingerprint density at radius 2 is 1.83 bits per heavy atom. The molecule has 5 nitrogen and oxygen atoms in total. The molecule has 4 atom stereocenters. The number of anilines is 1. The van der Waals surface area contributed by atoms with E-state index in [1.54, 1.807) is 18.2 Å². The van der Waals surface area contributed by atoms with Crippen LogP contribution in [0.2, 0.25) is 5.02 Å². The largest absolute Gasteiger partial charge is 0.324 e. The normalized spacial score (nSPS) is 30.2. The van der Waals surface area contributed by atoms with Gasteiger partial charge in [-0.3, -0.25) is 19.3 Å². The SMILES string of the molecule is Cc1ccc(NC(=O)CN2C(=O)[C@H]3[C@H](C2=O)[C@H]2C=C[C@H]3C2)cc1Cl. The first kappa shape index (κ1) is 15.4. The summed E-state index contributed by atoms with van der Waals surface area (Å²) in [5.41, 5.74) is 1.46. The van der Waals surface area contributed by atoms with Gasteiger partial charge in [0.2, 0.25) is 17.7 Å². The highest BCUT2D eigenvalue weighted by atomic mass is 35.5. The third kappa shape index (κ3) is 2.26. The maximum Gasteiger partial charge on any atom is 0.244 e. The number of allylic oxidation sites excluding steroid dienone is 2. The number of hydrogen-bond donors (Lipinski definition) is 1. The summed E-state index contributed by atoms with van der Waals surface area (Å²) in [6, 6.07) is 5.20. The summed E-state index contributed by atoms with van der Waals surface area (Å²) in [5.74, 6) is -1.04. The molecular weight excluding hydrogens is 328 g/mol. The molecule has 1 aromatic carbocycles. The predicted octanol–water partition coefficient (Wildman–Crippen LogP) is 2.39. The van der Waals surface area contributed by atoms with Gasteiger partial charge in [0, 0.05) is 10.7 Å². The number of carbonyl (C=O) groups excluding carboxylic acids is 3. The van der Waals surface area contributed by atoms with Crippen LogP contribution in [0, 0.1) is 30.6 Å². The zero-order chi connectivity index (χ0) is 17.0. The highest BCUT2D eigenvalue weighted by molar-refractivity contribution is 6.31. The lowest BCUT2D eigenvalue weighted by Gasteiger charge is -2.17. The van der Waals surface area contributed by atoms with E-state index in [1.165, 1.54) is 0 Å². The Morgan fingerprint density at radius 3 is 2.42 bits per heavy atom. The van der Waals surface area contributed by atoms with Crippen LogP contribution in [0.1, 0.15) is 12.0 Å². The van der Waals surface area contributed by atoms with Crippen LogP contribution in [0.15, 0.2) is 30.4 Å². The number of imide groups is 1. The fourth-order valence-corrected chi connectivity index (χ4v) is 4.32. The van der Waals surface area contributed by atoms with Crippen LogP contribution in [0.5, 0.6) is 0 Å². The monoisotopic (exact) mass is 344 g/mol. The zero-order valence-corrected chi connectivity index (χ0v) is 13.9. The van der Waals surface area contributed by atoms with E-state index < -0.39 is 5.91 Å². The molecule has 4 rings (SSSR count). The molecule has 1 aliphatic heterocycles. The second-order valence-corrected chi connectivity index (χ2v) is 7.18. The molecule has 3 aliphatic rings. The van der Waals surface area contributed by atoms with E-state index in [1.807, 2.05) is 19.1 Å². The van der Waals surface area contributed by atoms with Crippen molar-refractivity contribution in [1.29, 1.82) is 0 Å². The lowest BCUT2D eigenvalue weighted by molar-refractivity contribution is -0.143. The zero-order valence-electron chi connectivity index (χ0n) is 13.2. The number of carbonyl (C=O) groups is 3. The quantitative estimate of drug-likeness (QED) is 0.676. The van der Waals surface area contributed by atoms with Crippen molar-refractivity contribution in [2.75, 3.05) is 11.9 Å². The lowest BCUT2D eigenvalue weighted by Crippen LogP contribution is -2.39. The van der Waals surface area contributed by atoms with E-state index >= 15 is 0 Å². The molecule has 0 unspecified atom stereocenters. The van der Waals surface area contributed by atoms with Crippen molar-refractivity contribution >= 4 is 35.0 Å². The Kier molecular flexibility index (Phi) is 3.49. The Hall–Kier alpha value is -2.14. The number of hydrogen-bond acceptors (Lipinski definition) is 3. The van der Waals surface area contributed by atoms with Crippen molar-refractivity contribution in [3.63, 3.8) is 0 Å². The third-order valence-electron chi connectivity index (χ3n) is 5.32. The van der Waals surface area contributed by atoms with Crippen molar-refractivity contribution in [1.82, 2.24) is 4.90 Å². The van der Waals surface area contributed by atoms with E-state index in [2.05, 4.69) is 5.32 Å². The summed E-state index contributed by atoms with van der Waals surface area (Å²) < 4.78 is 0. The molecule has 2 bridgehead atoms. The van der Waals surface area contributed by atoms with Gasteiger partial charge in [-0.1, -0.05) is 29.8 Å². The minimum atomic E-state index is -0.392. The van der Waals surface area contributed by atoms with Gasteiger partial charge >= 0.3 is 0 Å². The molecule has 1 saturated heterocycles. The van der Waals surface area contributed by atoms with E-state index in [0.29, 0.717) is 10.7 Å². The van der Waals surface area contributed by atoms with Gasteiger partial charge in [-0.2, -0.15) is 0 Å². The number of aryl methyl sites for hydroxylation is 1. The molecule has 2 aliphatic carbocycles. The van der Waals surface area contributed by atoms with Gasteiger partial charge in [-0.05, 0) is 42.9 Å². The number of benzene rings is 1. The van der Waals surface area contributed by atoms with E-state index in [9.17, 15) is 14.4 Å². The van der Waals surface area contributed by atoms with Crippen molar-refractivity contribution in [2.24, 2.45) is 23.7 Å². The molecule has 124 valence electrons. The van der Waals surface area contributed by atoms with Crippen molar-refractivity contribution in [2.45, 2.75) is 13.3 Å². The van der Waals surface area contributed by atoms with Gasteiger partial charge in [-0.25, -0.2) is 0 Å². The fraction of sp³-hybridized carbons (Fsp3) is 0.389. The van der Waals surface area contributed by atoms with Crippen LogP contribution in [-0.4, -0.2) is 29.2 Å². The van der Waals surface area contributed by atoms with Crippen LogP contribution in [0.25, 0.3) is 0 Å². The minimum absolute atomic E-state index is 0.153. The standard InChI is InChI=1S/C18H17ClN2O3/c1-9-2-5-12(7-13(9)19)20-14(22)8-21-17(23)15-10-3-4-11(6-10)16(15)18(21)24/h2-5,7,10-11,15-16H,6,8H2,1H3,(H,20,22)/t10-,11-,15+,16+/m0/s1. The second-order valence-electron chi connectivity index (χ2n) is 6.77. The number of halogens is 1. The average Bonchev–Trinajstić information content (AvgIpc) is 3.21. The average molecular weight is 345 g/mol. The summed E-state index contributed by atoms with van der Waals surface area (Å²) in [5, 5.41) is 3.25. The Morgan fingerprint density at radius 1 is 1.21 bits per heavy atom. The molecule has 6 heteroatoms. The first-order valence-corrected chi connectivity index (χ1v) is 8.43. The minimum Gasteiger partial charge on any atom is -0.324 e. The summed E-state index contributed by atoms with van der Waals surface area (Å²) in [4.78, 5) is 38.4. The van der Waals surface area contributed by atoms with Gasteiger partial charge in [0.15, 0.2) is 0 Å². The molecular formula is C18H17ClN2O3. The summed E-state index contributed by atoms with van der Waals surface area (Å²) in [6.45, 7) is 1.63.